The number of benzene rings is 1. The first-order valence-electron chi connectivity index (χ1n) is 5.83. The molecule has 88 valence electrons. The van der Waals surface area contributed by atoms with E-state index in [4.69, 9.17) is 10.5 Å². The highest BCUT2D eigenvalue weighted by atomic mass is 16.5. The van der Waals surface area contributed by atoms with Crippen molar-refractivity contribution in [1.29, 1.82) is 0 Å². The molecule has 0 aliphatic carbocycles. The van der Waals surface area contributed by atoms with Crippen molar-refractivity contribution < 1.29 is 4.74 Å². The van der Waals surface area contributed by atoms with Crippen LogP contribution in [0.4, 0.5) is 5.69 Å². The number of nitrogens with two attached hydrogens (primary N) is 1. The topological polar surface area (TPSA) is 38.5 Å². The molecule has 1 saturated heterocycles. The first kappa shape index (κ1) is 11.3. The van der Waals surface area contributed by atoms with E-state index in [2.05, 4.69) is 18.0 Å². The molecule has 1 aliphatic rings. The second-order valence-corrected chi connectivity index (χ2v) is 4.55. The van der Waals surface area contributed by atoms with E-state index in [-0.39, 0.29) is 0 Å². The standard InChI is InChI=1S/C13H20N2O/c1-15-7-3-4-11(15)8-10-9-12(16-2)5-6-13(10)14/h5-6,9,11H,3-4,7-8,14H2,1-2H3. The van der Waals surface area contributed by atoms with Gasteiger partial charge in [-0.25, -0.2) is 0 Å². The molecule has 2 rings (SSSR count). The van der Waals surface area contributed by atoms with Gasteiger partial charge in [0.25, 0.3) is 0 Å². The number of ether oxygens (including phenoxy) is 1. The molecule has 0 radical (unpaired) electrons. The third kappa shape index (κ3) is 2.30. The summed E-state index contributed by atoms with van der Waals surface area (Å²) in [6.07, 6.45) is 3.59. The molecule has 0 saturated carbocycles. The van der Waals surface area contributed by atoms with Crippen LogP contribution in [0, 0.1) is 0 Å². The monoisotopic (exact) mass is 220 g/mol. The Balaban J connectivity index is 2.13. The van der Waals surface area contributed by atoms with Crippen molar-refractivity contribution in [3.8, 4) is 5.75 Å². The largest absolute Gasteiger partial charge is 0.497 e. The third-order valence-electron chi connectivity index (χ3n) is 3.48. The predicted octanol–water partition coefficient (Wildman–Crippen LogP) is 1.91. The molecule has 16 heavy (non-hydrogen) atoms. The van der Waals surface area contributed by atoms with E-state index < -0.39 is 0 Å². The second-order valence-electron chi connectivity index (χ2n) is 4.55. The lowest BCUT2D eigenvalue weighted by Crippen LogP contribution is -2.27. The maximum atomic E-state index is 5.99. The minimum atomic E-state index is 0.634. The van der Waals surface area contributed by atoms with Crippen LogP contribution in [0.1, 0.15) is 18.4 Å². The minimum absolute atomic E-state index is 0.634. The van der Waals surface area contributed by atoms with E-state index in [9.17, 15) is 0 Å². The Kier molecular flexibility index (Phi) is 3.34. The summed E-state index contributed by atoms with van der Waals surface area (Å²) >= 11 is 0. The summed E-state index contributed by atoms with van der Waals surface area (Å²) < 4.78 is 5.23. The van der Waals surface area contributed by atoms with Crippen LogP contribution in [-0.4, -0.2) is 31.6 Å². The van der Waals surface area contributed by atoms with Gasteiger partial charge < -0.3 is 15.4 Å². The van der Waals surface area contributed by atoms with Crippen LogP contribution in [0.25, 0.3) is 0 Å². The van der Waals surface area contributed by atoms with E-state index in [1.165, 1.54) is 24.9 Å². The van der Waals surface area contributed by atoms with Gasteiger partial charge in [-0.3, -0.25) is 0 Å². The van der Waals surface area contributed by atoms with Crippen molar-refractivity contribution in [2.45, 2.75) is 25.3 Å². The van der Waals surface area contributed by atoms with Gasteiger partial charge in [-0.1, -0.05) is 0 Å². The molecule has 1 aromatic rings. The highest BCUT2D eigenvalue weighted by Crippen LogP contribution is 2.25. The second kappa shape index (κ2) is 4.74. The van der Waals surface area contributed by atoms with Gasteiger partial charge >= 0.3 is 0 Å². The molecular formula is C13H20N2O. The number of hydrogen-bond acceptors (Lipinski definition) is 3. The van der Waals surface area contributed by atoms with Gasteiger partial charge in [-0.2, -0.15) is 0 Å². The van der Waals surface area contributed by atoms with Crippen molar-refractivity contribution in [2.75, 3.05) is 26.4 Å². The quantitative estimate of drug-likeness (QED) is 0.791. The Morgan fingerprint density at radius 2 is 2.31 bits per heavy atom. The van der Waals surface area contributed by atoms with Gasteiger partial charge in [0.15, 0.2) is 0 Å². The maximum absolute atomic E-state index is 5.99. The Morgan fingerprint density at radius 3 is 2.94 bits per heavy atom. The fraction of sp³-hybridized carbons (Fsp3) is 0.538. The Morgan fingerprint density at radius 1 is 1.50 bits per heavy atom. The maximum Gasteiger partial charge on any atom is 0.119 e. The Bertz CT molecular complexity index is 365. The molecule has 0 bridgehead atoms. The van der Waals surface area contributed by atoms with Gasteiger partial charge in [-0.05, 0) is 56.6 Å². The summed E-state index contributed by atoms with van der Waals surface area (Å²) in [5.74, 6) is 0.893. The highest BCUT2D eigenvalue weighted by Gasteiger charge is 2.21. The summed E-state index contributed by atoms with van der Waals surface area (Å²) in [4.78, 5) is 2.42. The minimum Gasteiger partial charge on any atom is -0.497 e. The number of nitrogen functional groups attached to an aromatic ring is 1. The molecule has 1 unspecified atom stereocenters. The number of hydrogen-bond donors (Lipinski definition) is 1. The number of methoxy groups -OCH3 is 1. The molecule has 1 heterocycles. The highest BCUT2D eigenvalue weighted by molar-refractivity contribution is 5.50. The van der Waals surface area contributed by atoms with Crippen LogP contribution in [0.15, 0.2) is 18.2 Å². The molecule has 1 aliphatic heterocycles. The average molecular weight is 220 g/mol. The number of rotatable bonds is 3. The SMILES string of the molecule is COc1ccc(N)c(CC2CCCN2C)c1. The molecule has 3 heteroatoms. The van der Waals surface area contributed by atoms with Gasteiger partial charge in [0, 0.05) is 11.7 Å². The van der Waals surface area contributed by atoms with Crippen LogP contribution < -0.4 is 10.5 Å². The lowest BCUT2D eigenvalue weighted by atomic mass is 10.0. The van der Waals surface area contributed by atoms with E-state index >= 15 is 0 Å². The molecule has 2 N–H and O–H groups in total. The van der Waals surface area contributed by atoms with Crippen LogP contribution >= 0.6 is 0 Å². The fourth-order valence-corrected chi connectivity index (χ4v) is 2.38. The molecule has 1 fully saturated rings. The molecular weight excluding hydrogens is 200 g/mol. The van der Waals surface area contributed by atoms with Crippen molar-refractivity contribution >= 4 is 5.69 Å². The van der Waals surface area contributed by atoms with Crippen molar-refractivity contribution in [2.24, 2.45) is 0 Å². The molecule has 1 aromatic carbocycles. The van der Waals surface area contributed by atoms with Crippen molar-refractivity contribution in [3.05, 3.63) is 23.8 Å². The first-order valence-corrected chi connectivity index (χ1v) is 5.83. The van der Waals surface area contributed by atoms with Crippen molar-refractivity contribution in [1.82, 2.24) is 4.90 Å². The van der Waals surface area contributed by atoms with Crippen LogP contribution in [0.5, 0.6) is 5.75 Å². The van der Waals surface area contributed by atoms with Crippen LogP contribution in [-0.2, 0) is 6.42 Å². The Labute approximate surface area is 97.2 Å². The smallest absolute Gasteiger partial charge is 0.119 e. The lowest BCUT2D eigenvalue weighted by molar-refractivity contribution is 0.309. The number of likely N-dealkylation sites (N-methyl/N-ethyl adjacent to an activating group) is 1. The fourth-order valence-electron chi connectivity index (χ4n) is 2.38. The normalized spacial score (nSPS) is 21.2. The van der Waals surface area contributed by atoms with Crippen molar-refractivity contribution in [3.63, 3.8) is 0 Å². The number of likely N-dealkylation sites (tertiary alicyclic amines) is 1. The van der Waals surface area contributed by atoms with Gasteiger partial charge in [0.2, 0.25) is 0 Å². The van der Waals surface area contributed by atoms with Crippen LogP contribution in [0.2, 0.25) is 0 Å². The van der Waals surface area contributed by atoms with Crippen LogP contribution in [0.3, 0.4) is 0 Å². The lowest BCUT2D eigenvalue weighted by Gasteiger charge is -2.20. The predicted molar refractivity (Wildman–Crippen MR) is 66.8 cm³/mol. The molecule has 3 nitrogen and oxygen atoms in total. The average Bonchev–Trinajstić information content (AvgIpc) is 2.68. The summed E-state index contributed by atoms with van der Waals surface area (Å²) in [6, 6.07) is 6.54. The summed E-state index contributed by atoms with van der Waals surface area (Å²) in [5.41, 5.74) is 8.08. The zero-order chi connectivity index (χ0) is 11.5. The molecule has 0 amide bonds. The van der Waals surface area contributed by atoms with E-state index in [1.807, 2.05) is 12.1 Å². The van der Waals surface area contributed by atoms with Gasteiger partial charge in [0.1, 0.15) is 5.75 Å². The van der Waals surface area contributed by atoms with E-state index in [0.717, 1.165) is 17.9 Å². The zero-order valence-electron chi connectivity index (χ0n) is 10.1. The first-order chi connectivity index (χ1) is 7.70. The van der Waals surface area contributed by atoms with E-state index in [0.29, 0.717) is 6.04 Å². The molecule has 0 spiro atoms. The van der Waals surface area contributed by atoms with Gasteiger partial charge in [0.05, 0.1) is 7.11 Å². The zero-order valence-corrected chi connectivity index (χ0v) is 10.1. The third-order valence-corrected chi connectivity index (χ3v) is 3.48. The summed E-state index contributed by atoms with van der Waals surface area (Å²) in [6.45, 7) is 1.20. The number of nitrogens with zero attached hydrogens (tertiary/aromatic N) is 1. The van der Waals surface area contributed by atoms with Gasteiger partial charge in [-0.15, -0.1) is 0 Å². The molecule has 1 atom stereocenters. The number of anilines is 1. The summed E-state index contributed by atoms with van der Waals surface area (Å²) in [7, 11) is 3.88. The molecule has 0 aromatic heterocycles. The van der Waals surface area contributed by atoms with E-state index in [1.54, 1.807) is 7.11 Å². The Hall–Kier alpha value is -1.22. The summed E-state index contributed by atoms with van der Waals surface area (Å²) in [5, 5.41) is 0.